The Morgan fingerprint density at radius 1 is 1.24 bits per heavy atom. The van der Waals surface area contributed by atoms with Crippen molar-refractivity contribution in [2.24, 2.45) is 0 Å². The second kappa shape index (κ2) is 6.51. The van der Waals surface area contributed by atoms with Crippen molar-refractivity contribution in [3.63, 3.8) is 0 Å². The highest BCUT2D eigenvalue weighted by Gasteiger charge is 2.04. The van der Waals surface area contributed by atoms with Crippen LogP contribution in [0.3, 0.4) is 0 Å². The standard InChI is InChI=1S/C15H13N3OS2/c19-15(18-14-2-1-6-21-14)17-9-11-3-5-16-13(8-11)12-4-7-20-10-12/h1-8,10H,9H2,(H2,17,18,19). The number of hydrogen-bond acceptors (Lipinski definition) is 4. The molecule has 0 saturated heterocycles. The first-order valence-electron chi connectivity index (χ1n) is 6.37. The normalized spacial score (nSPS) is 10.3. The minimum Gasteiger partial charge on any atom is -0.334 e. The highest BCUT2D eigenvalue weighted by Crippen LogP contribution is 2.20. The zero-order valence-electron chi connectivity index (χ0n) is 11.1. The van der Waals surface area contributed by atoms with Crippen LogP contribution in [0.1, 0.15) is 5.56 Å². The van der Waals surface area contributed by atoms with Crippen molar-refractivity contribution < 1.29 is 4.79 Å². The fraction of sp³-hybridized carbons (Fsp3) is 0.0667. The van der Waals surface area contributed by atoms with Gasteiger partial charge in [-0.25, -0.2) is 4.79 Å². The summed E-state index contributed by atoms with van der Waals surface area (Å²) < 4.78 is 0. The molecule has 0 unspecified atom stereocenters. The van der Waals surface area contributed by atoms with Gasteiger partial charge < -0.3 is 5.32 Å². The number of nitrogens with zero attached hydrogens (tertiary/aromatic N) is 1. The number of amides is 2. The highest BCUT2D eigenvalue weighted by atomic mass is 32.1. The van der Waals surface area contributed by atoms with Crippen molar-refractivity contribution in [2.75, 3.05) is 5.32 Å². The minimum absolute atomic E-state index is 0.202. The molecule has 2 amide bonds. The first-order valence-corrected chi connectivity index (χ1v) is 8.19. The molecule has 0 aromatic carbocycles. The van der Waals surface area contributed by atoms with Crippen LogP contribution in [0.25, 0.3) is 11.3 Å². The minimum atomic E-state index is -0.202. The third-order valence-corrected chi connectivity index (χ3v) is 4.32. The SMILES string of the molecule is O=C(NCc1ccnc(-c2ccsc2)c1)Nc1cccs1. The van der Waals surface area contributed by atoms with Gasteiger partial charge in [-0.15, -0.1) is 11.3 Å². The Morgan fingerprint density at radius 2 is 2.19 bits per heavy atom. The van der Waals surface area contributed by atoms with E-state index in [4.69, 9.17) is 0 Å². The van der Waals surface area contributed by atoms with Crippen molar-refractivity contribution >= 4 is 33.7 Å². The second-order valence-corrected chi connectivity index (χ2v) is 6.07. The Kier molecular flexibility index (Phi) is 4.28. The van der Waals surface area contributed by atoms with Crippen LogP contribution in [0, 0.1) is 0 Å². The van der Waals surface area contributed by atoms with Gasteiger partial charge in [-0.05, 0) is 46.7 Å². The number of aromatic nitrogens is 1. The number of carbonyl (C=O) groups excluding carboxylic acids is 1. The molecule has 106 valence electrons. The van der Waals surface area contributed by atoms with E-state index in [2.05, 4.69) is 21.0 Å². The van der Waals surface area contributed by atoms with E-state index >= 15 is 0 Å². The molecule has 0 fully saturated rings. The number of anilines is 1. The van der Waals surface area contributed by atoms with Crippen LogP contribution in [0.15, 0.2) is 52.7 Å². The Hall–Kier alpha value is -2.18. The van der Waals surface area contributed by atoms with Gasteiger partial charge in [0.05, 0.1) is 10.7 Å². The summed E-state index contributed by atoms with van der Waals surface area (Å²) in [6.07, 6.45) is 1.77. The van der Waals surface area contributed by atoms with Crippen molar-refractivity contribution in [1.82, 2.24) is 10.3 Å². The fourth-order valence-electron chi connectivity index (χ4n) is 1.84. The Labute approximate surface area is 130 Å². The quantitative estimate of drug-likeness (QED) is 0.758. The van der Waals surface area contributed by atoms with Crippen molar-refractivity contribution in [1.29, 1.82) is 0 Å². The van der Waals surface area contributed by atoms with Crippen molar-refractivity contribution in [2.45, 2.75) is 6.54 Å². The van der Waals surface area contributed by atoms with Crippen molar-refractivity contribution in [3.05, 3.63) is 58.2 Å². The maximum Gasteiger partial charge on any atom is 0.320 e. The molecule has 0 aliphatic heterocycles. The van der Waals surface area contributed by atoms with E-state index in [-0.39, 0.29) is 6.03 Å². The number of pyridine rings is 1. The van der Waals surface area contributed by atoms with Gasteiger partial charge in [-0.1, -0.05) is 0 Å². The van der Waals surface area contributed by atoms with E-state index in [1.54, 1.807) is 17.5 Å². The molecule has 0 aliphatic rings. The van der Waals surface area contributed by atoms with Crippen LogP contribution < -0.4 is 10.6 Å². The van der Waals surface area contributed by atoms with Crippen molar-refractivity contribution in [3.8, 4) is 11.3 Å². The molecule has 3 rings (SSSR count). The van der Waals surface area contributed by atoms with Crippen LogP contribution in [0.2, 0.25) is 0 Å². The topological polar surface area (TPSA) is 54.0 Å². The summed E-state index contributed by atoms with van der Waals surface area (Å²) in [6.45, 7) is 0.469. The Balaban J connectivity index is 1.60. The molecule has 0 bridgehead atoms. The summed E-state index contributed by atoms with van der Waals surface area (Å²) in [6, 6.07) is 9.50. The van der Waals surface area contributed by atoms with Gasteiger partial charge in [0.2, 0.25) is 0 Å². The number of nitrogens with one attached hydrogen (secondary N) is 2. The van der Waals surface area contributed by atoms with Gasteiger partial charge in [-0.2, -0.15) is 11.3 Å². The third kappa shape index (κ3) is 3.68. The van der Waals surface area contributed by atoms with Gasteiger partial charge >= 0.3 is 6.03 Å². The fourth-order valence-corrected chi connectivity index (χ4v) is 3.10. The summed E-state index contributed by atoms with van der Waals surface area (Å²) in [5, 5.41) is 12.5. The summed E-state index contributed by atoms with van der Waals surface area (Å²) >= 11 is 3.13. The highest BCUT2D eigenvalue weighted by molar-refractivity contribution is 7.14. The summed E-state index contributed by atoms with van der Waals surface area (Å²) in [5.74, 6) is 0. The molecule has 0 radical (unpaired) electrons. The van der Waals surface area contributed by atoms with Crippen LogP contribution in [0.5, 0.6) is 0 Å². The smallest absolute Gasteiger partial charge is 0.320 e. The van der Waals surface area contributed by atoms with Gasteiger partial charge in [0, 0.05) is 23.7 Å². The zero-order valence-corrected chi connectivity index (χ0v) is 12.7. The molecule has 2 N–H and O–H groups in total. The van der Waals surface area contributed by atoms with E-state index in [9.17, 15) is 4.79 Å². The average molecular weight is 315 g/mol. The van der Waals surface area contributed by atoms with Crippen LogP contribution in [-0.2, 0) is 6.54 Å². The molecule has 3 aromatic rings. The molecule has 0 spiro atoms. The number of urea groups is 1. The monoisotopic (exact) mass is 315 g/mol. The number of hydrogen-bond donors (Lipinski definition) is 2. The predicted molar refractivity (Wildman–Crippen MR) is 87.7 cm³/mol. The largest absolute Gasteiger partial charge is 0.334 e. The first kappa shape index (κ1) is 13.8. The summed E-state index contributed by atoms with van der Waals surface area (Å²) in [4.78, 5) is 16.1. The van der Waals surface area contributed by atoms with Crippen LogP contribution in [-0.4, -0.2) is 11.0 Å². The van der Waals surface area contributed by atoms with E-state index in [1.165, 1.54) is 11.3 Å². The van der Waals surface area contributed by atoms with Gasteiger partial charge in [0.1, 0.15) is 0 Å². The van der Waals surface area contributed by atoms with E-state index in [0.29, 0.717) is 6.54 Å². The first-order chi connectivity index (χ1) is 10.3. The van der Waals surface area contributed by atoms with Crippen LogP contribution in [0.4, 0.5) is 9.80 Å². The van der Waals surface area contributed by atoms with E-state index in [1.807, 2.05) is 41.1 Å². The van der Waals surface area contributed by atoms with Crippen LogP contribution >= 0.6 is 22.7 Å². The second-order valence-electron chi connectivity index (χ2n) is 4.35. The lowest BCUT2D eigenvalue weighted by molar-refractivity contribution is 0.252. The Bertz CT molecular complexity index is 708. The molecule has 0 saturated carbocycles. The summed E-state index contributed by atoms with van der Waals surface area (Å²) in [5.41, 5.74) is 3.05. The number of rotatable bonds is 4. The summed E-state index contributed by atoms with van der Waals surface area (Å²) in [7, 11) is 0. The van der Waals surface area contributed by atoms with Gasteiger partial charge in [0.15, 0.2) is 0 Å². The molecule has 21 heavy (non-hydrogen) atoms. The molecular weight excluding hydrogens is 302 g/mol. The number of thiophene rings is 2. The lowest BCUT2D eigenvalue weighted by atomic mass is 10.1. The molecule has 4 nitrogen and oxygen atoms in total. The lowest BCUT2D eigenvalue weighted by Crippen LogP contribution is -2.27. The maximum atomic E-state index is 11.8. The predicted octanol–water partition coefficient (Wildman–Crippen LogP) is 4.19. The molecule has 3 aromatic heterocycles. The average Bonchev–Trinajstić information content (AvgIpc) is 3.19. The maximum absolute atomic E-state index is 11.8. The molecule has 3 heterocycles. The Morgan fingerprint density at radius 3 is 2.95 bits per heavy atom. The molecule has 0 atom stereocenters. The van der Waals surface area contributed by atoms with Gasteiger partial charge in [0.25, 0.3) is 0 Å². The lowest BCUT2D eigenvalue weighted by Gasteiger charge is -2.07. The molecule has 0 aliphatic carbocycles. The van der Waals surface area contributed by atoms with E-state index in [0.717, 1.165) is 21.8 Å². The van der Waals surface area contributed by atoms with E-state index < -0.39 is 0 Å². The molecule has 6 heteroatoms. The molecular formula is C15H13N3OS2. The zero-order chi connectivity index (χ0) is 14.5. The van der Waals surface area contributed by atoms with Gasteiger partial charge in [-0.3, -0.25) is 10.3 Å². The third-order valence-electron chi connectivity index (χ3n) is 2.85. The number of carbonyl (C=O) groups is 1.